The van der Waals surface area contributed by atoms with E-state index in [0.29, 0.717) is 12.0 Å². The van der Waals surface area contributed by atoms with Crippen LogP contribution in [0, 0.1) is 17.8 Å². The maximum atomic E-state index is 6.37. The van der Waals surface area contributed by atoms with Crippen molar-refractivity contribution in [2.75, 3.05) is 13.6 Å². The Hall–Kier alpha value is -0.860. The minimum Gasteiger partial charge on any atom is -0.327 e. The van der Waals surface area contributed by atoms with Gasteiger partial charge in [-0.05, 0) is 43.2 Å². The minimum atomic E-state index is 0.372. The second kappa shape index (κ2) is 6.53. The Kier molecular flexibility index (Phi) is 5.00. The van der Waals surface area contributed by atoms with Gasteiger partial charge in [0.1, 0.15) is 0 Å². The molecule has 1 fully saturated rings. The predicted molar refractivity (Wildman–Crippen MR) is 81.8 cm³/mol. The maximum Gasteiger partial charge on any atom is 0.0230 e. The summed E-state index contributed by atoms with van der Waals surface area (Å²) in [6, 6.07) is 11.1. The third-order valence-electron chi connectivity index (χ3n) is 4.55. The lowest BCUT2D eigenvalue weighted by Gasteiger charge is -2.39. The summed E-state index contributed by atoms with van der Waals surface area (Å²) >= 11 is 0. The molecular weight excluding hydrogens is 232 g/mol. The van der Waals surface area contributed by atoms with Gasteiger partial charge in [-0.25, -0.2) is 0 Å². The van der Waals surface area contributed by atoms with Crippen LogP contribution in [-0.2, 0) is 6.54 Å². The van der Waals surface area contributed by atoms with Gasteiger partial charge in [0.2, 0.25) is 0 Å². The first-order valence-corrected chi connectivity index (χ1v) is 7.54. The summed E-state index contributed by atoms with van der Waals surface area (Å²) in [4.78, 5) is 2.42. The average molecular weight is 260 g/mol. The third-order valence-corrected chi connectivity index (χ3v) is 4.55. The summed E-state index contributed by atoms with van der Waals surface area (Å²) < 4.78 is 0. The van der Waals surface area contributed by atoms with E-state index < -0.39 is 0 Å². The Balaban J connectivity index is 1.89. The van der Waals surface area contributed by atoms with Gasteiger partial charge in [-0.1, -0.05) is 44.2 Å². The summed E-state index contributed by atoms with van der Waals surface area (Å²) in [6.45, 7) is 6.84. The molecule has 1 aromatic carbocycles. The van der Waals surface area contributed by atoms with Gasteiger partial charge in [0.15, 0.2) is 0 Å². The number of hydrogen-bond acceptors (Lipinski definition) is 2. The number of rotatable bonds is 4. The molecule has 2 rings (SSSR count). The molecule has 0 spiro atoms. The van der Waals surface area contributed by atoms with Crippen LogP contribution >= 0.6 is 0 Å². The van der Waals surface area contributed by atoms with E-state index in [4.69, 9.17) is 5.73 Å². The van der Waals surface area contributed by atoms with Crippen LogP contribution < -0.4 is 5.73 Å². The highest BCUT2D eigenvalue weighted by molar-refractivity contribution is 5.14. The molecule has 2 nitrogen and oxygen atoms in total. The van der Waals surface area contributed by atoms with Crippen molar-refractivity contribution in [3.8, 4) is 0 Å². The number of hydrogen-bond donors (Lipinski definition) is 1. The molecule has 0 aromatic heterocycles. The van der Waals surface area contributed by atoms with Gasteiger partial charge in [0.25, 0.3) is 0 Å². The SMILES string of the molecule is CC1CC(C)C(CN(C)Cc2ccccc2)C(N)C1. The first-order valence-electron chi connectivity index (χ1n) is 7.54. The van der Waals surface area contributed by atoms with E-state index in [1.807, 2.05) is 0 Å². The van der Waals surface area contributed by atoms with Crippen LogP contribution in [0.15, 0.2) is 30.3 Å². The summed E-state index contributed by atoms with van der Waals surface area (Å²) in [5.41, 5.74) is 7.76. The van der Waals surface area contributed by atoms with Crippen molar-refractivity contribution < 1.29 is 0 Å². The zero-order valence-electron chi connectivity index (χ0n) is 12.5. The van der Waals surface area contributed by atoms with Gasteiger partial charge in [-0.15, -0.1) is 0 Å². The zero-order chi connectivity index (χ0) is 13.8. The summed E-state index contributed by atoms with van der Waals surface area (Å²) in [5.74, 6) is 2.18. The molecule has 19 heavy (non-hydrogen) atoms. The van der Waals surface area contributed by atoms with Crippen LogP contribution in [0.4, 0.5) is 0 Å². The summed E-state index contributed by atoms with van der Waals surface area (Å²) in [5, 5.41) is 0. The van der Waals surface area contributed by atoms with E-state index in [1.54, 1.807) is 0 Å². The van der Waals surface area contributed by atoms with E-state index in [9.17, 15) is 0 Å². The Morgan fingerprint density at radius 3 is 2.47 bits per heavy atom. The molecule has 0 amide bonds. The Morgan fingerprint density at radius 1 is 1.16 bits per heavy atom. The minimum absolute atomic E-state index is 0.372. The lowest BCUT2D eigenvalue weighted by Crippen LogP contribution is -2.45. The van der Waals surface area contributed by atoms with Crippen molar-refractivity contribution in [2.45, 2.75) is 39.3 Å². The van der Waals surface area contributed by atoms with Crippen LogP contribution in [0.5, 0.6) is 0 Å². The molecule has 2 heteroatoms. The molecule has 2 N–H and O–H groups in total. The van der Waals surface area contributed by atoms with Gasteiger partial charge < -0.3 is 10.6 Å². The van der Waals surface area contributed by atoms with Gasteiger partial charge >= 0.3 is 0 Å². The highest BCUT2D eigenvalue weighted by atomic mass is 15.1. The molecule has 0 saturated heterocycles. The van der Waals surface area contributed by atoms with Crippen molar-refractivity contribution in [2.24, 2.45) is 23.5 Å². The fraction of sp³-hybridized carbons (Fsp3) is 0.647. The molecule has 1 saturated carbocycles. The molecule has 0 radical (unpaired) electrons. The zero-order valence-corrected chi connectivity index (χ0v) is 12.5. The summed E-state index contributed by atoms with van der Waals surface area (Å²) in [6.07, 6.45) is 2.52. The fourth-order valence-electron chi connectivity index (χ4n) is 3.60. The number of nitrogens with two attached hydrogens (primary N) is 1. The predicted octanol–water partition coefficient (Wildman–Crippen LogP) is 3.13. The van der Waals surface area contributed by atoms with Gasteiger partial charge in [0, 0.05) is 19.1 Å². The highest BCUT2D eigenvalue weighted by Gasteiger charge is 2.32. The fourth-order valence-corrected chi connectivity index (χ4v) is 3.60. The van der Waals surface area contributed by atoms with Crippen molar-refractivity contribution in [1.29, 1.82) is 0 Å². The van der Waals surface area contributed by atoms with Crippen molar-refractivity contribution >= 4 is 0 Å². The van der Waals surface area contributed by atoms with Gasteiger partial charge in [-0.2, -0.15) is 0 Å². The van der Waals surface area contributed by atoms with E-state index in [1.165, 1.54) is 18.4 Å². The first kappa shape index (κ1) is 14.5. The number of benzene rings is 1. The topological polar surface area (TPSA) is 29.3 Å². The molecule has 106 valence electrons. The molecule has 1 aliphatic carbocycles. The van der Waals surface area contributed by atoms with Crippen LogP contribution in [-0.4, -0.2) is 24.5 Å². The Bertz CT molecular complexity index is 364. The van der Waals surface area contributed by atoms with Gasteiger partial charge in [-0.3, -0.25) is 0 Å². The highest BCUT2D eigenvalue weighted by Crippen LogP contribution is 2.33. The normalized spacial score (nSPS) is 31.6. The standard InChI is InChI=1S/C17H28N2/c1-13-9-14(2)16(17(18)10-13)12-19(3)11-15-7-5-4-6-8-15/h4-8,13-14,16-17H,9-12,18H2,1-3H3. The Morgan fingerprint density at radius 2 is 1.84 bits per heavy atom. The lowest BCUT2D eigenvalue weighted by molar-refractivity contribution is 0.127. The van der Waals surface area contributed by atoms with Crippen molar-refractivity contribution in [3.63, 3.8) is 0 Å². The quantitative estimate of drug-likeness (QED) is 0.901. The molecular formula is C17H28N2. The van der Waals surface area contributed by atoms with E-state index in [-0.39, 0.29) is 0 Å². The van der Waals surface area contributed by atoms with Crippen LogP contribution in [0.3, 0.4) is 0 Å². The second-order valence-electron chi connectivity index (χ2n) is 6.56. The van der Waals surface area contributed by atoms with Crippen LogP contribution in [0.1, 0.15) is 32.3 Å². The molecule has 4 atom stereocenters. The smallest absolute Gasteiger partial charge is 0.0230 e. The van der Waals surface area contributed by atoms with E-state index in [2.05, 4.69) is 56.1 Å². The van der Waals surface area contributed by atoms with Crippen LogP contribution in [0.25, 0.3) is 0 Å². The van der Waals surface area contributed by atoms with E-state index >= 15 is 0 Å². The molecule has 4 unspecified atom stereocenters. The number of nitrogens with zero attached hydrogens (tertiary/aromatic N) is 1. The first-order chi connectivity index (χ1) is 9.06. The lowest BCUT2D eigenvalue weighted by atomic mass is 9.72. The largest absolute Gasteiger partial charge is 0.327 e. The molecule has 0 bridgehead atoms. The monoisotopic (exact) mass is 260 g/mol. The van der Waals surface area contributed by atoms with Crippen molar-refractivity contribution in [3.05, 3.63) is 35.9 Å². The molecule has 0 aliphatic heterocycles. The molecule has 1 aliphatic rings. The maximum absolute atomic E-state index is 6.37. The second-order valence-corrected chi connectivity index (χ2v) is 6.56. The van der Waals surface area contributed by atoms with Crippen LogP contribution in [0.2, 0.25) is 0 Å². The summed E-state index contributed by atoms with van der Waals surface area (Å²) in [7, 11) is 2.21. The van der Waals surface area contributed by atoms with Gasteiger partial charge in [0.05, 0.1) is 0 Å². The average Bonchev–Trinajstić information content (AvgIpc) is 2.35. The molecule has 1 aromatic rings. The van der Waals surface area contributed by atoms with Crippen molar-refractivity contribution in [1.82, 2.24) is 4.90 Å². The Labute approximate surface area is 118 Å². The van der Waals surface area contributed by atoms with E-state index in [0.717, 1.165) is 24.9 Å². The molecule has 0 heterocycles. The third kappa shape index (κ3) is 4.05.